The molecule has 0 unspecified atom stereocenters. The second-order valence-electron chi connectivity index (χ2n) is 5.24. The third-order valence-electron chi connectivity index (χ3n) is 3.68. The van der Waals surface area contributed by atoms with Gasteiger partial charge in [-0.05, 0) is 25.1 Å². The zero-order valence-corrected chi connectivity index (χ0v) is 13.2. The zero-order chi connectivity index (χ0) is 16.1. The van der Waals surface area contributed by atoms with Crippen molar-refractivity contribution in [1.82, 2.24) is 9.88 Å². The molecule has 1 heterocycles. The van der Waals surface area contributed by atoms with Crippen LogP contribution in [0.4, 0.5) is 0 Å². The molecule has 1 aromatic heterocycles. The van der Waals surface area contributed by atoms with E-state index in [-0.39, 0.29) is 5.43 Å². The second-order valence-corrected chi connectivity index (χ2v) is 5.24. The number of fused-ring (bicyclic) bond motifs is 1. The Labute approximate surface area is 130 Å². The molecule has 2 rings (SSSR count). The Balaban J connectivity index is 2.50. The fourth-order valence-electron chi connectivity index (χ4n) is 2.54. The molecule has 2 aromatic rings. The molecular formula is C18H22N2O2. The predicted molar refractivity (Wildman–Crippen MR) is 91.5 cm³/mol. The minimum Gasteiger partial charge on any atom is -0.497 e. The van der Waals surface area contributed by atoms with E-state index in [9.17, 15) is 4.79 Å². The van der Waals surface area contributed by atoms with Crippen LogP contribution >= 0.6 is 0 Å². The highest BCUT2D eigenvalue weighted by molar-refractivity contribution is 5.81. The number of nitrogens with one attached hydrogen (secondary N) is 1. The molecule has 0 radical (unpaired) electrons. The minimum absolute atomic E-state index is 0.0447. The first kappa shape index (κ1) is 16.0. The Hall–Kier alpha value is -2.33. The summed E-state index contributed by atoms with van der Waals surface area (Å²) in [4.78, 5) is 18.2. The summed E-state index contributed by atoms with van der Waals surface area (Å²) in [6.45, 7) is 11.4. The van der Waals surface area contributed by atoms with Crippen LogP contribution in [0.15, 0.2) is 48.3 Å². The van der Waals surface area contributed by atoms with Gasteiger partial charge in [0, 0.05) is 41.8 Å². The van der Waals surface area contributed by atoms with E-state index in [2.05, 4.69) is 23.0 Å². The lowest BCUT2D eigenvalue weighted by atomic mass is 10.1. The second kappa shape index (κ2) is 7.09. The molecule has 0 saturated carbocycles. The van der Waals surface area contributed by atoms with Crippen molar-refractivity contribution in [3.63, 3.8) is 0 Å². The molecule has 1 N–H and O–H groups in total. The number of ether oxygens (including phenoxy) is 1. The molecule has 0 aliphatic heterocycles. The summed E-state index contributed by atoms with van der Waals surface area (Å²) in [5.74, 6) is 0.682. The van der Waals surface area contributed by atoms with Gasteiger partial charge in [-0.2, -0.15) is 0 Å². The van der Waals surface area contributed by atoms with E-state index in [0.717, 1.165) is 16.8 Å². The highest BCUT2D eigenvalue weighted by Crippen LogP contribution is 2.18. The third kappa shape index (κ3) is 3.28. The average molecular weight is 298 g/mol. The maximum Gasteiger partial charge on any atom is 0.194 e. The number of nitrogens with zero attached hydrogens (tertiary/aromatic N) is 1. The number of aryl methyl sites for hydroxylation is 1. The van der Waals surface area contributed by atoms with Crippen molar-refractivity contribution >= 4 is 10.9 Å². The third-order valence-corrected chi connectivity index (χ3v) is 3.68. The average Bonchev–Trinajstić information content (AvgIpc) is 2.51. The van der Waals surface area contributed by atoms with E-state index in [4.69, 9.17) is 4.74 Å². The van der Waals surface area contributed by atoms with Crippen LogP contribution in [0.3, 0.4) is 0 Å². The van der Waals surface area contributed by atoms with Gasteiger partial charge in [0.2, 0.25) is 0 Å². The van der Waals surface area contributed by atoms with Crippen molar-refractivity contribution in [2.45, 2.75) is 13.5 Å². The van der Waals surface area contributed by atoms with E-state index in [0.29, 0.717) is 30.8 Å². The molecule has 1 aromatic carbocycles. The van der Waals surface area contributed by atoms with Crippen LogP contribution in [0.5, 0.6) is 5.75 Å². The Morgan fingerprint density at radius 2 is 1.95 bits per heavy atom. The summed E-state index contributed by atoms with van der Waals surface area (Å²) in [7, 11) is 1.60. The Bertz CT molecular complexity index is 737. The normalized spacial score (nSPS) is 10.9. The number of pyridine rings is 1. The number of H-pyrrole nitrogens is 1. The van der Waals surface area contributed by atoms with E-state index in [1.54, 1.807) is 13.2 Å². The smallest absolute Gasteiger partial charge is 0.194 e. The van der Waals surface area contributed by atoms with Crippen molar-refractivity contribution in [3.05, 3.63) is 65.0 Å². The summed E-state index contributed by atoms with van der Waals surface area (Å²) < 4.78 is 5.22. The molecule has 0 aliphatic rings. The van der Waals surface area contributed by atoms with Crippen LogP contribution in [0.2, 0.25) is 0 Å². The number of rotatable bonds is 7. The van der Waals surface area contributed by atoms with E-state index in [1.165, 1.54) is 0 Å². The molecule has 0 saturated heterocycles. The molecule has 4 heteroatoms. The molecule has 0 bridgehead atoms. The number of hydrogen-bond acceptors (Lipinski definition) is 3. The molecule has 22 heavy (non-hydrogen) atoms. The molecule has 4 nitrogen and oxygen atoms in total. The van der Waals surface area contributed by atoms with Crippen LogP contribution in [-0.4, -0.2) is 30.1 Å². The van der Waals surface area contributed by atoms with Crippen LogP contribution < -0.4 is 10.2 Å². The molecular weight excluding hydrogens is 276 g/mol. The van der Waals surface area contributed by atoms with Gasteiger partial charge >= 0.3 is 0 Å². The van der Waals surface area contributed by atoms with Crippen molar-refractivity contribution in [1.29, 1.82) is 0 Å². The Kier molecular flexibility index (Phi) is 5.17. The fraction of sp³-hybridized carbons (Fsp3) is 0.278. The lowest BCUT2D eigenvalue weighted by Gasteiger charge is -2.20. The summed E-state index contributed by atoms with van der Waals surface area (Å²) in [6.07, 6.45) is 3.66. The van der Waals surface area contributed by atoms with E-state index >= 15 is 0 Å². The van der Waals surface area contributed by atoms with Crippen molar-refractivity contribution in [3.8, 4) is 5.75 Å². The number of methoxy groups -OCH3 is 1. The molecule has 0 spiro atoms. The molecule has 0 aliphatic carbocycles. The number of benzene rings is 1. The van der Waals surface area contributed by atoms with Gasteiger partial charge < -0.3 is 9.72 Å². The fourth-order valence-corrected chi connectivity index (χ4v) is 2.54. The monoisotopic (exact) mass is 298 g/mol. The lowest BCUT2D eigenvalue weighted by Crippen LogP contribution is -2.27. The summed E-state index contributed by atoms with van der Waals surface area (Å²) >= 11 is 0. The van der Waals surface area contributed by atoms with Gasteiger partial charge in [-0.3, -0.25) is 9.69 Å². The van der Waals surface area contributed by atoms with Crippen molar-refractivity contribution < 1.29 is 4.74 Å². The molecule has 116 valence electrons. The first-order chi connectivity index (χ1) is 10.6. The molecule has 0 atom stereocenters. The van der Waals surface area contributed by atoms with Gasteiger partial charge in [0.15, 0.2) is 5.43 Å². The van der Waals surface area contributed by atoms with E-state index < -0.39 is 0 Å². The van der Waals surface area contributed by atoms with Gasteiger partial charge in [0.25, 0.3) is 0 Å². The van der Waals surface area contributed by atoms with Gasteiger partial charge in [0.1, 0.15) is 5.75 Å². The van der Waals surface area contributed by atoms with Crippen LogP contribution in [0.25, 0.3) is 10.9 Å². The largest absolute Gasteiger partial charge is 0.497 e. The van der Waals surface area contributed by atoms with Crippen molar-refractivity contribution in [2.75, 3.05) is 20.2 Å². The van der Waals surface area contributed by atoms with Gasteiger partial charge in [-0.15, -0.1) is 13.2 Å². The SMILES string of the molecule is C=CCN(CC=C)Cc1c(C)[nH]c2ccc(OC)cc2c1=O. The number of hydrogen-bond donors (Lipinski definition) is 1. The highest BCUT2D eigenvalue weighted by atomic mass is 16.5. The Morgan fingerprint density at radius 3 is 2.55 bits per heavy atom. The predicted octanol–water partition coefficient (Wildman–Crippen LogP) is 3.02. The summed E-state index contributed by atoms with van der Waals surface area (Å²) in [5.41, 5.74) is 2.53. The van der Waals surface area contributed by atoms with Gasteiger partial charge in [-0.25, -0.2) is 0 Å². The lowest BCUT2D eigenvalue weighted by molar-refractivity contribution is 0.326. The minimum atomic E-state index is 0.0447. The molecule has 0 amide bonds. The zero-order valence-electron chi connectivity index (χ0n) is 13.2. The van der Waals surface area contributed by atoms with Crippen LogP contribution in [0.1, 0.15) is 11.3 Å². The molecule has 0 fully saturated rings. The maximum absolute atomic E-state index is 12.8. The number of aromatic amines is 1. The summed E-state index contributed by atoms with van der Waals surface area (Å²) in [6, 6.07) is 5.50. The number of aromatic nitrogens is 1. The first-order valence-electron chi connectivity index (χ1n) is 7.24. The standard InChI is InChI=1S/C18H22N2O2/c1-5-9-20(10-6-2)12-16-13(3)19-17-8-7-14(22-4)11-15(17)18(16)21/h5-8,11H,1-2,9-10,12H2,3-4H3,(H,19,21). The highest BCUT2D eigenvalue weighted by Gasteiger charge is 2.13. The van der Waals surface area contributed by atoms with Crippen LogP contribution in [-0.2, 0) is 6.54 Å². The quantitative estimate of drug-likeness (QED) is 0.799. The maximum atomic E-state index is 12.8. The summed E-state index contributed by atoms with van der Waals surface area (Å²) in [5, 5.41) is 0.650. The van der Waals surface area contributed by atoms with E-state index in [1.807, 2.05) is 31.2 Å². The Morgan fingerprint density at radius 1 is 1.27 bits per heavy atom. The topological polar surface area (TPSA) is 45.3 Å². The van der Waals surface area contributed by atoms with Crippen molar-refractivity contribution in [2.24, 2.45) is 0 Å². The van der Waals surface area contributed by atoms with Crippen LogP contribution in [0, 0.1) is 6.92 Å². The van der Waals surface area contributed by atoms with Gasteiger partial charge in [-0.1, -0.05) is 12.2 Å². The van der Waals surface area contributed by atoms with Gasteiger partial charge in [0.05, 0.1) is 7.11 Å². The first-order valence-corrected chi connectivity index (χ1v) is 7.24.